The van der Waals surface area contributed by atoms with Crippen molar-refractivity contribution in [1.82, 2.24) is 0 Å². The van der Waals surface area contributed by atoms with Crippen molar-refractivity contribution >= 4 is 27.3 Å². The molecule has 0 heterocycles. The molecule has 10 heavy (non-hydrogen) atoms. The molecule has 0 bridgehead atoms. The van der Waals surface area contributed by atoms with Crippen molar-refractivity contribution in [2.24, 2.45) is 0 Å². The lowest BCUT2D eigenvalue weighted by Crippen LogP contribution is -2.14. The normalized spacial score (nSPS) is 18.4. The van der Waals surface area contributed by atoms with E-state index in [4.69, 9.17) is 0 Å². The fourth-order valence-electron chi connectivity index (χ4n) is 0.771. The van der Waals surface area contributed by atoms with Crippen molar-refractivity contribution in [3.63, 3.8) is 0 Å². The largest absolute Gasteiger partial charge is 0.291 e. The van der Waals surface area contributed by atoms with Crippen LogP contribution in [0.4, 0.5) is 0 Å². The molecule has 0 aromatic heterocycles. The molecule has 0 spiro atoms. The number of hydrogen-bond acceptors (Lipinski definition) is 2. The lowest BCUT2D eigenvalue weighted by Gasteiger charge is -2.05. The molecule has 0 saturated heterocycles. The third-order valence-corrected chi connectivity index (χ3v) is 1.69. The topological polar surface area (TPSA) is 34.1 Å². The van der Waals surface area contributed by atoms with E-state index in [1.807, 2.05) is 0 Å². The van der Waals surface area contributed by atoms with Gasteiger partial charge >= 0.3 is 0 Å². The molecule has 1 aliphatic carbocycles. The second-order valence-corrected chi connectivity index (χ2v) is 2.31. The second-order valence-electron chi connectivity index (χ2n) is 2.31. The van der Waals surface area contributed by atoms with Gasteiger partial charge in [0, 0.05) is 0 Å². The van der Waals surface area contributed by atoms with Gasteiger partial charge in [-0.05, 0) is 23.1 Å². The minimum atomic E-state index is -0.0582. The molecule has 1 rings (SSSR count). The smallest absolute Gasteiger partial charge is 0.172 e. The minimum absolute atomic E-state index is 0.0582. The summed E-state index contributed by atoms with van der Waals surface area (Å²) >= 11 is 0. The first-order valence-electron chi connectivity index (χ1n) is 3.07. The Kier molecular flexibility index (Phi) is 1.62. The summed E-state index contributed by atoms with van der Waals surface area (Å²) in [6.07, 6.45) is 2.62. The number of hydrogen-bond donors (Lipinski definition) is 0. The maximum absolute atomic E-state index is 10.9. The number of allylic oxidation sites excluding steroid dienone is 4. The summed E-state index contributed by atoms with van der Waals surface area (Å²) in [6, 6.07) is 0. The van der Waals surface area contributed by atoms with Crippen LogP contribution < -0.4 is 0 Å². The summed E-state index contributed by atoms with van der Waals surface area (Å²) in [4.78, 5) is 21.7. The van der Waals surface area contributed by atoms with Gasteiger partial charge in [0.15, 0.2) is 11.6 Å². The van der Waals surface area contributed by atoms with E-state index in [1.54, 1.807) is 15.7 Å². The Morgan fingerprint density at radius 1 is 0.900 bits per heavy atom. The average Bonchev–Trinajstić information content (AvgIpc) is 1.93. The molecule has 1 aliphatic rings. The average molecular weight is 132 g/mol. The van der Waals surface area contributed by atoms with E-state index in [-0.39, 0.29) is 11.6 Å². The molecule has 48 valence electrons. The molecule has 0 aliphatic heterocycles. The standard InChI is InChI=1S/C6H6B2O2/c7-5-3(9)1-2-4(10)6(5)8/h1-2H,7-8H2. The van der Waals surface area contributed by atoms with E-state index < -0.39 is 0 Å². The summed E-state index contributed by atoms with van der Waals surface area (Å²) in [7, 11) is 3.33. The van der Waals surface area contributed by atoms with Gasteiger partial charge in [-0.2, -0.15) is 0 Å². The van der Waals surface area contributed by atoms with Crippen LogP contribution in [0.15, 0.2) is 23.1 Å². The van der Waals surface area contributed by atoms with E-state index >= 15 is 0 Å². The van der Waals surface area contributed by atoms with E-state index in [2.05, 4.69) is 0 Å². The van der Waals surface area contributed by atoms with Gasteiger partial charge in [0.1, 0.15) is 15.7 Å². The Bertz CT molecular complexity index is 237. The molecular weight excluding hydrogens is 126 g/mol. The third kappa shape index (κ3) is 0.967. The van der Waals surface area contributed by atoms with Crippen LogP contribution in [0.25, 0.3) is 0 Å². The summed E-state index contributed by atoms with van der Waals surface area (Å²) in [6.45, 7) is 0. The summed E-state index contributed by atoms with van der Waals surface area (Å²) in [5.41, 5.74) is 1.13. The first kappa shape index (κ1) is 7.06. The van der Waals surface area contributed by atoms with Gasteiger partial charge < -0.3 is 0 Å². The zero-order valence-electron chi connectivity index (χ0n) is 5.97. The molecule has 0 saturated carbocycles. The lowest BCUT2D eigenvalue weighted by molar-refractivity contribution is -0.114. The SMILES string of the molecule is BC1=C(B)C(=O)C=CC1=O. The van der Waals surface area contributed by atoms with Gasteiger partial charge in [-0.3, -0.25) is 9.59 Å². The molecule has 0 atom stereocenters. The maximum atomic E-state index is 10.9. The third-order valence-electron chi connectivity index (χ3n) is 1.69. The first-order valence-corrected chi connectivity index (χ1v) is 3.07. The van der Waals surface area contributed by atoms with E-state index in [0.717, 1.165) is 0 Å². The highest BCUT2D eigenvalue weighted by Crippen LogP contribution is 2.06. The van der Waals surface area contributed by atoms with Crippen molar-refractivity contribution in [3.05, 3.63) is 23.1 Å². The number of carbonyl (C=O) groups excluding carboxylic acids is 2. The summed E-state index contributed by atoms with van der Waals surface area (Å²) in [5.74, 6) is -0.116. The predicted octanol–water partition coefficient (Wildman–Crippen LogP) is -1.83. The quantitative estimate of drug-likeness (QED) is 0.287. The van der Waals surface area contributed by atoms with E-state index in [9.17, 15) is 9.59 Å². The van der Waals surface area contributed by atoms with Crippen LogP contribution >= 0.6 is 0 Å². The van der Waals surface area contributed by atoms with Gasteiger partial charge in [-0.25, -0.2) is 0 Å². The van der Waals surface area contributed by atoms with Crippen molar-refractivity contribution in [1.29, 1.82) is 0 Å². The number of carbonyl (C=O) groups is 2. The first-order chi connectivity index (χ1) is 4.63. The summed E-state index contributed by atoms with van der Waals surface area (Å²) in [5, 5.41) is 0. The Labute approximate surface area is 60.8 Å². The van der Waals surface area contributed by atoms with Crippen LogP contribution in [0.2, 0.25) is 0 Å². The fraction of sp³-hybridized carbons (Fsp3) is 0. The molecule has 0 aromatic carbocycles. The van der Waals surface area contributed by atoms with Crippen LogP contribution in [0.3, 0.4) is 0 Å². The van der Waals surface area contributed by atoms with Gasteiger partial charge in [-0.1, -0.05) is 0 Å². The predicted molar refractivity (Wildman–Crippen MR) is 43.3 cm³/mol. The van der Waals surface area contributed by atoms with Crippen LogP contribution in [0.1, 0.15) is 0 Å². The molecule has 0 radical (unpaired) electrons. The second kappa shape index (κ2) is 2.29. The van der Waals surface area contributed by atoms with Crippen LogP contribution in [0, 0.1) is 0 Å². The highest BCUT2D eigenvalue weighted by molar-refractivity contribution is 6.53. The molecule has 0 fully saturated rings. The number of ketones is 2. The molecule has 2 nitrogen and oxygen atoms in total. The molecule has 4 heteroatoms. The zero-order valence-corrected chi connectivity index (χ0v) is 5.97. The van der Waals surface area contributed by atoms with Crippen LogP contribution in [-0.2, 0) is 9.59 Å². The van der Waals surface area contributed by atoms with Gasteiger partial charge in [0.05, 0.1) is 0 Å². The molecule has 0 aromatic rings. The van der Waals surface area contributed by atoms with Gasteiger partial charge in [-0.15, -0.1) is 0 Å². The van der Waals surface area contributed by atoms with Crippen molar-refractivity contribution < 1.29 is 9.59 Å². The Balaban J connectivity index is 3.12. The monoisotopic (exact) mass is 132 g/mol. The minimum Gasteiger partial charge on any atom is -0.291 e. The highest BCUT2D eigenvalue weighted by atomic mass is 16.1. The molecule has 0 unspecified atom stereocenters. The van der Waals surface area contributed by atoms with E-state index in [1.165, 1.54) is 12.2 Å². The van der Waals surface area contributed by atoms with Gasteiger partial charge in [0.2, 0.25) is 0 Å². The van der Waals surface area contributed by atoms with Crippen molar-refractivity contribution in [2.75, 3.05) is 0 Å². The van der Waals surface area contributed by atoms with E-state index in [0.29, 0.717) is 10.9 Å². The maximum Gasteiger partial charge on any atom is 0.172 e. The van der Waals surface area contributed by atoms with Crippen LogP contribution in [-0.4, -0.2) is 27.3 Å². The lowest BCUT2D eigenvalue weighted by atomic mass is 9.74. The summed E-state index contributed by atoms with van der Waals surface area (Å²) < 4.78 is 0. The Morgan fingerprint density at radius 3 is 1.50 bits per heavy atom. The Hall–Kier alpha value is -1.05. The van der Waals surface area contributed by atoms with Crippen LogP contribution in [0.5, 0.6) is 0 Å². The molecule has 0 amide bonds. The molecule has 0 N–H and O–H groups in total. The molecular formula is C6H6B2O2. The van der Waals surface area contributed by atoms with Gasteiger partial charge in [0.25, 0.3) is 0 Å². The fourth-order valence-corrected chi connectivity index (χ4v) is 0.771. The van der Waals surface area contributed by atoms with Crippen molar-refractivity contribution in [3.8, 4) is 0 Å². The highest BCUT2D eigenvalue weighted by Gasteiger charge is 2.13. The Morgan fingerprint density at radius 2 is 1.20 bits per heavy atom. The number of rotatable bonds is 0. The van der Waals surface area contributed by atoms with Crippen molar-refractivity contribution in [2.45, 2.75) is 0 Å². The zero-order chi connectivity index (χ0) is 7.72.